The van der Waals surface area contributed by atoms with Crippen LogP contribution in [0, 0.1) is 34.9 Å². The minimum atomic E-state index is -0.364. The van der Waals surface area contributed by atoms with Crippen molar-refractivity contribution in [2.24, 2.45) is 17.8 Å². The molecule has 2 aliphatic carbocycles. The van der Waals surface area contributed by atoms with Crippen LogP contribution in [0.5, 0.6) is 0 Å². The van der Waals surface area contributed by atoms with E-state index < -0.39 is 0 Å². The summed E-state index contributed by atoms with van der Waals surface area (Å²) in [5, 5.41) is 8.89. The molecule has 1 nitrogen and oxygen atoms in total. The fraction of sp³-hybridized carbons (Fsp3) is 0.667. The van der Waals surface area contributed by atoms with Gasteiger partial charge in [0.2, 0.25) is 0 Å². The molecule has 0 aliphatic heterocycles. The first-order valence-electron chi connectivity index (χ1n) is 12.1. The van der Waals surface area contributed by atoms with Crippen LogP contribution in [0.15, 0.2) is 30.4 Å². The average molecular weight is 396 g/mol. The van der Waals surface area contributed by atoms with Crippen LogP contribution >= 0.6 is 0 Å². The number of nitrogens with zero attached hydrogens (tertiary/aromatic N) is 1. The summed E-state index contributed by atoms with van der Waals surface area (Å²) < 4.78 is 13.9. The van der Waals surface area contributed by atoms with Gasteiger partial charge in [-0.3, -0.25) is 0 Å². The van der Waals surface area contributed by atoms with Crippen LogP contribution in [-0.4, -0.2) is 0 Å². The lowest BCUT2D eigenvalue weighted by atomic mass is 9.77. The maximum absolute atomic E-state index is 13.9. The highest BCUT2D eigenvalue weighted by Gasteiger charge is 2.23. The van der Waals surface area contributed by atoms with Crippen molar-refractivity contribution < 1.29 is 4.39 Å². The quantitative estimate of drug-likeness (QED) is 0.406. The number of allylic oxidation sites excluding steroid dienone is 2. The lowest BCUT2D eigenvalue weighted by molar-refractivity contribution is 0.289. The zero-order valence-electron chi connectivity index (χ0n) is 18.2. The molecule has 29 heavy (non-hydrogen) atoms. The Morgan fingerprint density at radius 3 is 2.34 bits per heavy atom. The summed E-state index contributed by atoms with van der Waals surface area (Å²) in [5.74, 6) is 2.75. The minimum Gasteiger partial charge on any atom is -0.206 e. The molecule has 0 saturated heterocycles. The molecule has 2 aliphatic rings. The van der Waals surface area contributed by atoms with Gasteiger partial charge in [-0.05, 0) is 106 Å². The molecule has 0 atom stereocenters. The maximum Gasteiger partial charge on any atom is 0.141 e. The van der Waals surface area contributed by atoms with Crippen molar-refractivity contribution in [3.63, 3.8) is 0 Å². The molecule has 0 N–H and O–H groups in total. The molecular weight excluding hydrogens is 357 g/mol. The van der Waals surface area contributed by atoms with E-state index in [9.17, 15) is 4.39 Å². The van der Waals surface area contributed by atoms with Crippen molar-refractivity contribution >= 4 is 0 Å². The van der Waals surface area contributed by atoms with Gasteiger partial charge in [-0.15, -0.1) is 0 Å². The van der Waals surface area contributed by atoms with E-state index in [1.165, 1.54) is 70.6 Å². The summed E-state index contributed by atoms with van der Waals surface area (Å²) in [6.07, 6.45) is 22.2. The lowest BCUT2D eigenvalue weighted by Crippen LogP contribution is -2.14. The van der Waals surface area contributed by atoms with E-state index in [2.05, 4.69) is 19.1 Å². The van der Waals surface area contributed by atoms with E-state index in [1.54, 1.807) is 12.1 Å². The van der Waals surface area contributed by atoms with Gasteiger partial charge < -0.3 is 0 Å². The Morgan fingerprint density at radius 1 is 1.00 bits per heavy atom. The van der Waals surface area contributed by atoms with Gasteiger partial charge in [-0.2, -0.15) is 5.26 Å². The van der Waals surface area contributed by atoms with E-state index >= 15 is 0 Å². The lowest BCUT2D eigenvalue weighted by Gasteiger charge is -2.29. The van der Waals surface area contributed by atoms with Crippen LogP contribution in [0.4, 0.5) is 4.39 Å². The molecule has 3 rings (SSSR count). The zero-order valence-corrected chi connectivity index (χ0v) is 18.2. The van der Waals surface area contributed by atoms with E-state index in [0.29, 0.717) is 5.92 Å². The molecule has 2 heteroatoms. The third-order valence-corrected chi connectivity index (χ3v) is 7.44. The van der Waals surface area contributed by atoms with Gasteiger partial charge in [-0.1, -0.05) is 44.4 Å². The Labute approximate surface area is 177 Å². The Bertz CT molecular complexity index is 685. The van der Waals surface area contributed by atoms with E-state index in [-0.39, 0.29) is 11.4 Å². The summed E-state index contributed by atoms with van der Waals surface area (Å²) in [6, 6.07) is 7.09. The molecule has 0 aromatic heterocycles. The normalized spacial score (nSPS) is 27.8. The van der Waals surface area contributed by atoms with Crippen LogP contribution in [0.1, 0.15) is 107 Å². The molecule has 0 heterocycles. The Balaban J connectivity index is 1.33. The highest BCUT2D eigenvalue weighted by molar-refractivity contribution is 5.34. The number of hydrogen-bond donors (Lipinski definition) is 0. The molecule has 0 amide bonds. The second kappa shape index (κ2) is 11.5. The second-order valence-electron chi connectivity index (χ2n) is 9.50. The number of benzene rings is 1. The third kappa shape index (κ3) is 6.70. The Kier molecular flexibility index (Phi) is 8.78. The predicted molar refractivity (Wildman–Crippen MR) is 119 cm³/mol. The van der Waals surface area contributed by atoms with E-state index in [0.717, 1.165) is 36.2 Å². The van der Waals surface area contributed by atoms with Crippen molar-refractivity contribution in [2.45, 2.75) is 96.3 Å². The number of unbranched alkanes of at least 4 members (excludes halogenated alkanes) is 1. The second-order valence-corrected chi connectivity index (χ2v) is 9.50. The fourth-order valence-corrected chi connectivity index (χ4v) is 5.44. The molecule has 158 valence electrons. The molecular formula is C27H38FN. The maximum atomic E-state index is 13.9. The summed E-state index contributed by atoms with van der Waals surface area (Å²) in [6.45, 7) is 2.30. The topological polar surface area (TPSA) is 23.8 Å². The summed E-state index contributed by atoms with van der Waals surface area (Å²) in [7, 11) is 0. The van der Waals surface area contributed by atoms with Gasteiger partial charge in [0.25, 0.3) is 0 Å². The van der Waals surface area contributed by atoms with E-state index in [4.69, 9.17) is 5.26 Å². The molecule has 2 saturated carbocycles. The zero-order chi connectivity index (χ0) is 20.5. The van der Waals surface area contributed by atoms with Gasteiger partial charge >= 0.3 is 0 Å². The van der Waals surface area contributed by atoms with E-state index in [1.807, 2.05) is 12.1 Å². The SMILES string of the molecule is CCCCC1CCC(/C=C/CCC2CCC(c3ccc(C#N)c(F)c3)CC2)CC1. The van der Waals surface area contributed by atoms with Gasteiger partial charge in [0, 0.05) is 0 Å². The molecule has 0 unspecified atom stereocenters. The van der Waals surface area contributed by atoms with Crippen molar-refractivity contribution in [1.29, 1.82) is 5.26 Å². The smallest absolute Gasteiger partial charge is 0.141 e. The van der Waals surface area contributed by atoms with Crippen molar-refractivity contribution in [3.8, 4) is 6.07 Å². The summed E-state index contributed by atoms with van der Waals surface area (Å²) >= 11 is 0. The summed E-state index contributed by atoms with van der Waals surface area (Å²) in [4.78, 5) is 0. The number of rotatable bonds is 8. The van der Waals surface area contributed by atoms with Crippen LogP contribution < -0.4 is 0 Å². The van der Waals surface area contributed by atoms with Crippen molar-refractivity contribution in [1.82, 2.24) is 0 Å². The monoisotopic (exact) mass is 395 g/mol. The molecule has 0 bridgehead atoms. The Hall–Kier alpha value is -1.62. The van der Waals surface area contributed by atoms with Gasteiger partial charge in [0.05, 0.1) is 5.56 Å². The molecule has 0 spiro atoms. The van der Waals surface area contributed by atoms with Crippen LogP contribution in [0.3, 0.4) is 0 Å². The van der Waals surface area contributed by atoms with Gasteiger partial charge in [0.1, 0.15) is 11.9 Å². The number of hydrogen-bond acceptors (Lipinski definition) is 1. The van der Waals surface area contributed by atoms with Gasteiger partial charge in [0.15, 0.2) is 0 Å². The van der Waals surface area contributed by atoms with Gasteiger partial charge in [-0.25, -0.2) is 4.39 Å². The molecule has 1 aromatic rings. The molecule has 2 fully saturated rings. The van der Waals surface area contributed by atoms with Crippen LogP contribution in [0.25, 0.3) is 0 Å². The average Bonchev–Trinajstić information content (AvgIpc) is 2.76. The number of nitriles is 1. The first-order valence-corrected chi connectivity index (χ1v) is 12.1. The molecule has 0 radical (unpaired) electrons. The third-order valence-electron chi connectivity index (χ3n) is 7.44. The predicted octanol–water partition coefficient (Wildman–Crippen LogP) is 8.30. The fourth-order valence-electron chi connectivity index (χ4n) is 5.44. The van der Waals surface area contributed by atoms with Crippen molar-refractivity contribution in [2.75, 3.05) is 0 Å². The molecule has 1 aromatic carbocycles. The van der Waals surface area contributed by atoms with Crippen LogP contribution in [-0.2, 0) is 0 Å². The summed E-state index contributed by atoms with van der Waals surface area (Å²) in [5.41, 5.74) is 1.23. The Morgan fingerprint density at radius 2 is 1.69 bits per heavy atom. The number of halogens is 1. The highest BCUT2D eigenvalue weighted by Crippen LogP contribution is 2.38. The highest BCUT2D eigenvalue weighted by atomic mass is 19.1. The van der Waals surface area contributed by atoms with Crippen molar-refractivity contribution in [3.05, 3.63) is 47.3 Å². The largest absolute Gasteiger partial charge is 0.206 e. The minimum absolute atomic E-state index is 0.156. The van der Waals surface area contributed by atoms with Crippen LogP contribution in [0.2, 0.25) is 0 Å². The first kappa shape index (κ1) is 22.1. The first-order chi connectivity index (χ1) is 14.2. The standard InChI is InChI=1S/C27H38FN/c1-2-3-6-21-9-11-22(12-10-21)7-4-5-8-23-13-15-24(16-14-23)25-17-18-26(20-29)27(28)19-25/h4,7,17-19,21-24H,2-3,5-6,8-16H2,1H3/b7-4+.